The van der Waals surface area contributed by atoms with Crippen LogP contribution in [0.15, 0.2) is 28.9 Å². The number of halogens is 4. The third-order valence-corrected chi connectivity index (χ3v) is 5.73. The van der Waals surface area contributed by atoms with Crippen molar-refractivity contribution in [3.63, 3.8) is 0 Å². The van der Waals surface area contributed by atoms with Gasteiger partial charge in [-0.3, -0.25) is 0 Å². The van der Waals surface area contributed by atoms with Crippen LogP contribution < -0.4 is 20.7 Å². The summed E-state index contributed by atoms with van der Waals surface area (Å²) in [6.07, 6.45) is 0.699. The molecule has 10 heteroatoms. The van der Waals surface area contributed by atoms with Crippen molar-refractivity contribution in [1.29, 1.82) is 0 Å². The molecule has 0 saturated heterocycles. The van der Waals surface area contributed by atoms with Crippen LogP contribution in [-0.4, -0.2) is 36.5 Å². The number of benzene rings is 1. The molecule has 1 aromatic heterocycles. The molecule has 3 rings (SSSR count). The minimum atomic E-state index is -4.72. The third-order valence-electron chi connectivity index (χ3n) is 5.24. The molecule has 1 aliphatic carbocycles. The van der Waals surface area contributed by atoms with E-state index < -0.39 is 6.36 Å². The molecule has 30 heavy (non-hydrogen) atoms. The molecule has 2 aromatic rings. The van der Waals surface area contributed by atoms with Crippen LogP contribution in [0.5, 0.6) is 5.75 Å². The highest BCUT2D eigenvalue weighted by Gasteiger charge is 2.32. The van der Waals surface area contributed by atoms with E-state index >= 15 is 0 Å². The van der Waals surface area contributed by atoms with Crippen molar-refractivity contribution in [1.82, 2.24) is 15.3 Å². The number of rotatable bonds is 6. The SMILES string of the molecule is CN(C)c1ncc(C2CCC(NCc3ccc(Br)cc3OC(F)(F)F)CC2)c(N)n1. The average Bonchev–Trinajstić information content (AvgIpc) is 2.66. The first-order chi connectivity index (χ1) is 14.1. The van der Waals surface area contributed by atoms with Crippen LogP contribution in [0.4, 0.5) is 24.9 Å². The van der Waals surface area contributed by atoms with Crippen molar-refractivity contribution in [2.24, 2.45) is 0 Å². The topological polar surface area (TPSA) is 76.3 Å². The second-order valence-electron chi connectivity index (χ2n) is 7.63. The lowest BCUT2D eigenvalue weighted by Crippen LogP contribution is -2.33. The maximum Gasteiger partial charge on any atom is 0.573 e. The Labute approximate surface area is 182 Å². The summed E-state index contributed by atoms with van der Waals surface area (Å²) in [5.41, 5.74) is 7.57. The number of nitrogens with two attached hydrogens (primary N) is 1. The van der Waals surface area contributed by atoms with Crippen molar-refractivity contribution in [2.75, 3.05) is 24.7 Å². The fraction of sp³-hybridized carbons (Fsp3) is 0.500. The molecule has 164 valence electrons. The fourth-order valence-electron chi connectivity index (χ4n) is 3.68. The Kier molecular flexibility index (Phi) is 7.07. The van der Waals surface area contributed by atoms with E-state index in [9.17, 15) is 13.2 Å². The number of hydrogen-bond donors (Lipinski definition) is 2. The van der Waals surface area contributed by atoms with Crippen LogP contribution in [0, 0.1) is 0 Å². The largest absolute Gasteiger partial charge is 0.573 e. The van der Waals surface area contributed by atoms with Crippen LogP contribution in [0.1, 0.15) is 42.7 Å². The highest BCUT2D eigenvalue weighted by Crippen LogP contribution is 2.36. The molecule has 0 unspecified atom stereocenters. The first kappa shape index (κ1) is 22.6. The molecule has 3 N–H and O–H groups in total. The predicted molar refractivity (Wildman–Crippen MR) is 113 cm³/mol. The molecular weight excluding hydrogens is 463 g/mol. The van der Waals surface area contributed by atoms with E-state index in [-0.39, 0.29) is 17.7 Å². The molecule has 0 bridgehead atoms. The van der Waals surface area contributed by atoms with Crippen molar-refractivity contribution in [3.05, 3.63) is 40.0 Å². The van der Waals surface area contributed by atoms with E-state index in [1.54, 1.807) is 23.2 Å². The normalized spacial score (nSPS) is 19.5. The summed E-state index contributed by atoms with van der Waals surface area (Å²) in [4.78, 5) is 10.5. The number of nitrogen functional groups attached to an aromatic ring is 1. The minimum absolute atomic E-state index is 0.191. The molecule has 0 aliphatic heterocycles. The first-order valence-corrected chi connectivity index (χ1v) is 10.5. The zero-order valence-corrected chi connectivity index (χ0v) is 18.4. The number of anilines is 2. The summed E-state index contributed by atoms with van der Waals surface area (Å²) in [5.74, 6) is 1.19. The van der Waals surface area contributed by atoms with Crippen LogP contribution in [0.2, 0.25) is 0 Å². The van der Waals surface area contributed by atoms with Crippen LogP contribution in [-0.2, 0) is 6.54 Å². The zero-order valence-electron chi connectivity index (χ0n) is 16.8. The first-order valence-electron chi connectivity index (χ1n) is 9.69. The van der Waals surface area contributed by atoms with E-state index in [0.717, 1.165) is 31.2 Å². The fourth-order valence-corrected chi connectivity index (χ4v) is 4.02. The van der Waals surface area contributed by atoms with E-state index in [1.165, 1.54) is 6.07 Å². The lowest BCUT2D eigenvalue weighted by Gasteiger charge is -2.30. The molecule has 0 amide bonds. The molecule has 0 spiro atoms. The van der Waals surface area contributed by atoms with Gasteiger partial charge in [-0.1, -0.05) is 22.0 Å². The molecule has 6 nitrogen and oxygen atoms in total. The smallest absolute Gasteiger partial charge is 0.405 e. The van der Waals surface area contributed by atoms with Gasteiger partial charge in [-0.05, 0) is 43.7 Å². The van der Waals surface area contributed by atoms with Gasteiger partial charge in [-0.15, -0.1) is 13.2 Å². The van der Waals surface area contributed by atoms with Crippen molar-refractivity contribution < 1.29 is 17.9 Å². The van der Waals surface area contributed by atoms with E-state index in [4.69, 9.17) is 5.73 Å². The van der Waals surface area contributed by atoms with Gasteiger partial charge in [0.25, 0.3) is 0 Å². The van der Waals surface area contributed by atoms with E-state index in [1.807, 2.05) is 14.1 Å². The van der Waals surface area contributed by atoms with Gasteiger partial charge in [0.1, 0.15) is 11.6 Å². The third kappa shape index (κ3) is 5.98. The molecule has 1 aromatic carbocycles. The van der Waals surface area contributed by atoms with Crippen LogP contribution in [0.3, 0.4) is 0 Å². The Hall–Kier alpha value is -2.07. The number of nitrogens with one attached hydrogen (secondary N) is 1. The highest BCUT2D eigenvalue weighted by molar-refractivity contribution is 9.10. The number of nitrogens with zero attached hydrogens (tertiary/aromatic N) is 3. The molecule has 0 atom stereocenters. The van der Waals surface area contributed by atoms with Gasteiger partial charge in [0.15, 0.2) is 0 Å². The quantitative estimate of drug-likeness (QED) is 0.619. The lowest BCUT2D eigenvalue weighted by atomic mass is 9.82. The van der Waals surface area contributed by atoms with Crippen molar-refractivity contribution >= 4 is 27.7 Å². The second-order valence-corrected chi connectivity index (χ2v) is 8.55. The van der Waals surface area contributed by atoms with Gasteiger partial charge < -0.3 is 20.7 Å². The highest BCUT2D eigenvalue weighted by atomic mass is 79.9. The zero-order chi connectivity index (χ0) is 21.9. The number of ether oxygens (including phenoxy) is 1. The Morgan fingerprint density at radius 2 is 1.93 bits per heavy atom. The van der Waals surface area contributed by atoms with E-state index in [2.05, 4.69) is 36.0 Å². The number of hydrogen-bond acceptors (Lipinski definition) is 6. The second kappa shape index (κ2) is 9.38. The summed E-state index contributed by atoms with van der Waals surface area (Å²) >= 11 is 3.19. The van der Waals surface area contributed by atoms with Gasteiger partial charge in [0, 0.05) is 48.5 Å². The van der Waals surface area contributed by atoms with Gasteiger partial charge in [-0.25, -0.2) is 4.98 Å². The average molecular weight is 488 g/mol. The maximum atomic E-state index is 12.7. The Bertz CT molecular complexity index is 870. The number of alkyl halides is 3. The minimum Gasteiger partial charge on any atom is -0.405 e. The molecular formula is C20H25BrF3N5O. The molecule has 1 fully saturated rings. The molecule has 0 radical (unpaired) electrons. The van der Waals surface area contributed by atoms with E-state index in [0.29, 0.717) is 28.3 Å². The Morgan fingerprint density at radius 3 is 2.53 bits per heavy atom. The van der Waals surface area contributed by atoms with Crippen molar-refractivity contribution in [2.45, 2.75) is 50.6 Å². The van der Waals surface area contributed by atoms with Gasteiger partial charge in [-0.2, -0.15) is 4.98 Å². The molecule has 1 saturated carbocycles. The maximum absolute atomic E-state index is 12.7. The Balaban J connectivity index is 1.57. The summed E-state index contributed by atoms with van der Waals surface area (Å²) < 4.78 is 42.7. The molecule has 1 heterocycles. The predicted octanol–water partition coefficient (Wildman–Crippen LogP) is 4.60. The van der Waals surface area contributed by atoms with Gasteiger partial charge in [0.05, 0.1) is 0 Å². The lowest BCUT2D eigenvalue weighted by molar-refractivity contribution is -0.274. The van der Waals surface area contributed by atoms with Gasteiger partial charge in [0.2, 0.25) is 5.95 Å². The summed E-state index contributed by atoms with van der Waals surface area (Å²) in [5, 5.41) is 3.36. The van der Waals surface area contributed by atoms with Gasteiger partial charge >= 0.3 is 6.36 Å². The summed E-state index contributed by atoms with van der Waals surface area (Å²) in [6, 6.07) is 4.89. The van der Waals surface area contributed by atoms with Crippen LogP contribution >= 0.6 is 15.9 Å². The number of aromatic nitrogens is 2. The monoisotopic (exact) mass is 487 g/mol. The molecule has 1 aliphatic rings. The Morgan fingerprint density at radius 1 is 1.23 bits per heavy atom. The van der Waals surface area contributed by atoms with Crippen LogP contribution in [0.25, 0.3) is 0 Å². The van der Waals surface area contributed by atoms with Crippen molar-refractivity contribution in [3.8, 4) is 5.75 Å². The standard InChI is InChI=1S/C20H25BrF3N5O/c1-29(2)19-27-11-16(18(25)28-19)12-4-7-15(8-5-12)26-10-13-3-6-14(21)9-17(13)30-20(22,23)24/h3,6,9,11-12,15,26H,4-5,7-8,10H2,1-2H3,(H2,25,27,28). The summed E-state index contributed by atoms with van der Waals surface area (Å²) in [6.45, 7) is 0.302. The summed E-state index contributed by atoms with van der Waals surface area (Å²) in [7, 11) is 3.73.